The first-order chi connectivity index (χ1) is 9.54. The van der Waals surface area contributed by atoms with Crippen LogP contribution in [0, 0.1) is 6.92 Å². The molecule has 2 rings (SSSR count). The average Bonchev–Trinajstić information content (AvgIpc) is 2.46. The molecule has 0 radical (unpaired) electrons. The summed E-state index contributed by atoms with van der Waals surface area (Å²) >= 11 is 0. The molecule has 1 heterocycles. The zero-order valence-corrected chi connectivity index (χ0v) is 11.8. The molecule has 0 aliphatic carbocycles. The fourth-order valence-corrected chi connectivity index (χ4v) is 1.98. The van der Waals surface area contributed by atoms with Gasteiger partial charge in [0, 0.05) is 18.9 Å². The number of nitrogens with two attached hydrogens (primary N) is 1. The Morgan fingerprint density at radius 3 is 2.75 bits per heavy atom. The van der Waals surface area contributed by atoms with Crippen molar-refractivity contribution in [2.24, 2.45) is 0 Å². The number of hydrogen-bond acceptors (Lipinski definition) is 5. The molecule has 5 heteroatoms. The van der Waals surface area contributed by atoms with E-state index >= 15 is 0 Å². The van der Waals surface area contributed by atoms with Crippen LogP contribution in [-0.2, 0) is 4.74 Å². The van der Waals surface area contributed by atoms with E-state index in [0.717, 1.165) is 11.3 Å². The van der Waals surface area contributed by atoms with Crippen LogP contribution in [0.3, 0.4) is 0 Å². The van der Waals surface area contributed by atoms with Crippen molar-refractivity contribution in [1.29, 1.82) is 0 Å². The molecule has 2 aromatic rings. The van der Waals surface area contributed by atoms with Gasteiger partial charge in [-0.15, -0.1) is 0 Å². The number of aryl methyl sites for hydroxylation is 1. The fraction of sp³-hybridized carbons (Fsp3) is 0.200. The normalized spacial score (nSPS) is 10.2. The van der Waals surface area contributed by atoms with E-state index in [2.05, 4.69) is 4.98 Å². The third-order valence-corrected chi connectivity index (χ3v) is 3.08. The van der Waals surface area contributed by atoms with Gasteiger partial charge in [0.05, 0.1) is 18.4 Å². The van der Waals surface area contributed by atoms with E-state index in [1.807, 2.05) is 43.1 Å². The number of rotatable bonds is 3. The molecule has 2 N–H and O–H groups in total. The summed E-state index contributed by atoms with van der Waals surface area (Å²) in [5.41, 5.74) is 8.74. The first-order valence-electron chi connectivity index (χ1n) is 6.17. The molecule has 1 aromatic heterocycles. The summed E-state index contributed by atoms with van der Waals surface area (Å²) in [6.07, 6.45) is 1.55. The van der Waals surface area contributed by atoms with Crippen LogP contribution in [0.25, 0.3) is 0 Å². The van der Waals surface area contributed by atoms with Gasteiger partial charge in [-0.3, -0.25) is 0 Å². The number of methoxy groups -OCH3 is 1. The molecule has 0 saturated carbocycles. The van der Waals surface area contributed by atoms with E-state index in [9.17, 15) is 4.79 Å². The topological polar surface area (TPSA) is 68.5 Å². The Kier molecular flexibility index (Phi) is 3.89. The summed E-state index contributed by atoms with van der Waals surface area (Å²) in [7, 11) is 3.18. The predicted molar refractivity (Wildman–Crippen MR) is 79.2 cm³/mol. The lowest BCUT2D eigenvalue weighted by atomic mass is 10.2. The van der Waals surface area contributed by atoms with E-state index < -0.39 is 5.97 Å². The lowest BCUT2D eigenvalue weighted by Crippen LogP contribution is -2.16. The Balaban J connectivity index is 2.45. The Hall–Kier alpha value is -2.56. The number of aromatic nitrogens is 1. The summed E-state index contributed by atoms with van der Waals surface area (Å²) in [4.78, 5) is 17.7. The van der Waals surface area contributed by atoms with Gasteiger partial charge >= 0.3 is 5.97 Å². The molecule has 20 heavy (non-hydrogen) atoms. The SMILES string of the molecule is COC(=O)c1ccnc(N(C)c2cccc(C)c2)c1N. The van der Waals surface area contributed by atoms with Crippen LogP contribution in [0.1, 0.15) is 15.9 Å². The number of nitrogens with zero attached hydrogens (tertiary/aromatic N) is 2. The van der Waals surface area contributed by atoms with Crippen LogP contribution in [0.4, 0.5) is 17.2 Å². The molecule has 0 atom stereocenters. The van der Waals surface area contributed by atoms with Crippen molar-refractivity contribution < 1.29 is 9.53 Å². The van der Waals surface area contributed by atoms with Gasteiger partial charge in [0.15, 0.2) is 5.82 Å². The molecular formula is C15H17N3O2. The highest BCUT2D eigenvalue weighted by Crippen LogP contribution is 2.29. The molecule has 0 aliphatic rings. The monoisotopic (exact) mass is 271 g/mol. The number of carbonyl (C=O) groups is 1. The second-order valence-corrected chi connectivity index (χ2v) is 4.49. The van der Waals surface area contributed by atoms with E-state index in [1.165, 1.54) is 7.11 Å². The maximum absolute atomic E-state index is 11.7. The van der Waals surface area contributed by atoms with Crippen LogP contribution in [0.15, 0.2) is 36.5 Å². The number of esters is 1. The molecule has 0 saturated heterocycles. The minimum absolute atomic E-state index is 0.309. The second-order valence-electron chi connectivity index (χ2n) is 4.49. The number of nitrogen functional groups attached to an aromatic ring is 1. The maximum Gasteiger partial charge on any atom is 0.340 e. The Morgan fingerprint density at radius 2 is 2.10 bits per heavy atom. The quantitative estimate of drug-likeness (QED) is 0.869. The highest BCUT2D eigenvalue weighted by Gasteiger charge is 2.17. The fourth-order valence-electron chi connectivity index (χ4n) is 1.98. The Bertz CT molecular complexity index is 641. The summed E-state index contributed by atoms with van der Waals surface area (Å²) in [6.45, 7) is 2.01. The molecule has 5 nitrogen and oxygen atoms in total. The molecule has 0 bridgehead atoms. The van der Waals surface area contributed by atoms with E-state index in [0.29, 0.717) is 17.1 Å². The van der Waals surface area contributed by atoms with Gasteiger partial charge < -0.3 is 15.4 Å². The second kappa shape index (κ2) is 5.61. The van der Waals surface area contributed by atoms with E-state index in [4.69, 9.17) is 10.5 Å². The largest absolute Gasteiger partial charge is 0.465 e. The van der Waals surface area contributed by atoms with Crippen molar-refractivity contribution in [2.45, 2.75) is 6.92 Å². The summed E-state index contributed by atoms with van der Waals surface area (Å²) < 4.78 is 4.71. The molecule has 1 aromatic carbocycles. The number of ether oxygens (including phenoxy) is 1. The van der Waals surface area contributed by atoms with Gasteiger partial charge in [-0.2, -0.15) is 0 Å². The van der Waals surface area contributed by atoms with Gasteiger partial charge in [0.2, 0.25) is 0 Å². The summed E-state index contributed by atoms with van der Waals surface area (Å²) in [5, 5.41) is 0. The number of benzene rings is 1. The van der Waals surface area contributed by atoms with E-state index in [1.54, 1.807) is 12.3 Å². The van der Waals surface area contributed by atoms with Crippen LogP contribution in [0.5, 0.6) is 0 Å². The van der Waals surface area contributed by atoms with Crippen LogP contribution >= 0.6 is 0 Å². The number of carbonyl (C=O) groups excluding carboxylic acids is 1. The molecular weight excluding hydrogens is 254 g/mol. The highest BCUT2D eigenvalue weighted by atomic mass is 16.5. The lowest BCUT2D eigenvalue weighted by molar-refractivity contribution is 0.0602. The number of hydrogen-bond donors (Lipinski definition) is 1. The minimum Gasteiger partial charge on any atom is -0.465 e. The van der Waals surface area contributed by atoms with Crippen molar-refractivity contribution in [2.75, 3.05) is 24.8 Å². The Labute approximate surface area is 118 Å². The number of anilines is 3. The molecule has 0 amide bonds. The van der Waals surface area contributed by atoms with Gasteiger partial charge in [-0.1, -0.05) is 12.1 Å². The van der Waals surface area contributed by atoms with Crippen molar-refractivity contribution in [1.82, 2.24) is 4.98 Å². The van der Waals surface area contributed by atoms with Crippen molar-refractivity contribution in [3.63, 3.8) is 0 Å². The van der Waals surface area contributed by atoms with Gasteiger partial charge in [0.1, 0.15) is 0 Å². The molecule has 104 valence electrons. The predicted octanol–water partition coefficient (Wildman–Crippen LogP) is 2.53. The van der Waals surface area contributed by atoms with Crippen molar-refractivity contribution >= 4 is 23.2 Å². The summed E-state index contributed by atoms with van der Waals surface area (Å²) in [5.74, 6) is 0.0577. The van der Waals surface area contributed by atoms with Crippen molar-refractivity contribution in [3.05, 3.63) is 47.7 Å². The first-order valence-corrected chi connectivity index (χ1v) is 6.17. The van der Waals surface area contributed by atoms with Crippen LogP contribution in [0.2, 0.25) is 0 Å². The average molecular weight is 271 g/mol. The molecule has 0 aliphatic heterocycles. The third kappa shape index (κ3) is 2.56. The molecule has 0 fully saturated rings. The smallest absolute Gasteiger partial charge is 0.340 e. The zero-order valence-electron chi connectivity index (χ0n) is 11.8. The van der Waals surface area contributed by atoms with Crippen LogP contribution in [-0.4, -0.2) is 25.1 Å². The lowest BCUT2D eigenvalue weighted by Gasteiger charge is -2.21. The first kappa shape index (κ1) is 13.9. The Morgan fingerprint density at radius 1 is 1.35 bits per heavy atom. The summed E-state index contributed by atoms with van der Waals surface area (Å²) in [6, 6.07) is 9.50. The molecule has 0 unspecified atom stereocenters. The minimum atomic E-state index is -0.469. The maximum atomic E-state index is 11.7. The highest BCUT2D eigenvalue weighted by molar-refractivity contribution is 5.98. The van der Waals surface area contributed by atoms with Crippen LogP contribution < -0.4 is 10.6 Å². The number of pyridine rings is 1. The third-order valence-electron chi connectivity index (χ3n) is 3.08. The standard InChI is InChI=1S/C15H17N3O2/c1-10-5-4-6-11(9-10)18(2)14-13(16)12(7-8-17-14)15(19)20-3/h4-9H,16H2,1-3H3. The van der Waals surface area contributed by atoms with Gasteiger partial charge in [-0.05, 0) is 30.7 Å². The van der Waals surface area contributed by atoms with E-state index in [-0.39, 0.29) is 0 Å². The van der Waals surface area contributed by atoms with Crippen molar-refractivity contribution in [3.8, 4) is 0 Å². The van der Waals surface area contributed by atoms with Gasteiger partial charge in [-0.25, -0.2) is 9.78 Å². The zero-order chi connectivity index (χ0) is 14.7. The van der Waals surface area contributed by atoms with Gasteiger partial charge in [0.25, 0.3) is 0 Å². The molecule has 0 spiro atoms.